The third-order valence-electron chi connectivity index (χ3n) is 4.15. The number of benzene rings is 2. The fourth-order valence-electron chi connectivity index (χ4n) is 2.40. The topological polar surface area (TPSA) is 76.5 Å². The smallest absolute Gasteiger partial charge is 0.210 e. The van der Waals surface area contributed by atoms with Crippen molar-refractivity contribution in [3.8, 4) is 11.5 Å². The molecule has 0 saturated heterocycles. The molecular formula is C20H23N3O3S2. The van der Waals surface area contributed by atoms with E-state index in [1.165, 1.54) is 34.2 Å². The van der Waals surface area contributed by atoms with Gasteiger partial charge in [0.2, 0.25) is 5.13 Å². The van der Waals surface area contributed by atoms with Crippen molar-refractivity contribution < 1.29 is 14.6 Å². The summed E-state index contributed by atoms with van der Waals surface area (Å²) in [4.78, 5) is 0. The summed E-state index contributed by atoms with van der Waals surface area (Å²) in [5, 5.41) is 22.6. The van der Waals surface area contributed by atoms with E-state index >= 15 is 0 Å². The molecule has 0 amide bonds. The number of rotatable bonds is 9. The molecule has 0 fully saturated rings. The van der Waals surface area contributed by atoms with Crippen molar-refractivity contribution in [2.45, 2.75) is 24.3 Å². The number of nitrogens with zero attached hydrogens (tertiary/aromatic N) is 2. The highest BCUT2D eigenvalue weighted by Gasteiger charge is 2.11. The average molecular weight is 418 g/mol. The Morgan fingerprint density at radius 2 is 1.86 bits per heavy atom. The first-order valence-electron chi connectivity index (χ1n) is 8.79. The monoisotopic (exact) mass is 417 g/mol. The number of hydrogen-bond acceptors (Lipinski definition) is 8. The summed E-state index contributed by atoms with van der Waals surface area (Å²) in [6.45, 7) is 4.37. The predicted molar refractivity (Wildman–Crippen MR) is 114 cm³/mol. The van der Waals surface area contributed by atoms with Crippen molar-refractivity contribution >= 4 is 33.9 Å². The molecule has 1 atom stereocenters. The van der Waals surface area contributed by atoms with Crippen molar-refractivity contribution in [2.75, 3.05) is 24.8 Å². The van der Waals surface area contributed by atoms with Crippen molar-refractivity contribution in [1.29, 1.82) is 0 Å². The Morgan fingerprint density at radius 3 is 2.61 bits per heavy atom. The molecule has 148 valence electrons. The van der Waals surface area contributed by atoms with Crippen molar-refractivity contribution in [3.63, 3.8) is 0 Å². The minimum absolute atomic E-state index is 0.214. The second-order valence-electron chi connectivity index (χ2n) is 6.20. The van der Waals surface area contributed by atoms with Crippen LogP contribution in [0.2, 0.25) is 0 Å². The van der Waals surface area contributed by atoms with Crippen LogP contribution in [0.15, 0.2) is 46.8 Å². The summed E-state index contributed by atoms with van der Waals surface area (Å²) in [5.41, 5.74) is 3.45. The number of aliphatic hydroxyl groups is 1. The van der Waals surface area contributed by atoms with Gasteiger partial charge in [-0.15, -0.1) is 10.2 Å². The molecule has 0 radical (unpaired) electrons. The lowest BCUT2D eigenvalue weighted by molar-refractivity contribution is 0.126. The van der Waals surface area contributed by atoms with Gasteiger partial charge in [-0.1, -0.05) is 35.2 Å². The maximum Gasteiger partial charge on any atom is 0.210 e. The van der Waals surface area contributed by atoms with Gasteiger partial charge in [0, 0.05) is 11.4 Å². The second-order valence-corrected chi connectivity index (χ2v) is 8.44. The van der Waals surface area contributed by atoms with Crippen LogP contribution in [-0.2, 0) is 0 Å². The van der Waals surface area contributed by atoms with Gasteiger partial charge >= 0.3 is 0 Å². The second kappa shape index (κ2) is 9.77. The molecular weight excluding hydrogens is 394 g/mol. The molecule has 1 unspecified atom stereocenters. The van der Waals surface area contributed by atoms with Crippen LogP contribution in [0.3, 0.4) is 0 Å². The zero-order valence-electron chi connectivity index (χ0n) is 16.0. The first kappa shape index (κ1) is 20.4. The molecule has 0 aliphatic carbocycles. The summed E-state index contributed by atoms with van der Waals surface area (Å²) >= 11 is 2.93. The van der Waals surface area contributed by atoms with E-state index in [4.69, 9.17) is 9.47 Å². The van der Waals surface area contributed by atoms with Crippen molar-refractivity contribution in [2.24, 2.45) is 0 Å². The Hall–Kier alpha value is -2.29. The van der Waals surface area contributed by atoms with Crippen LogP contribution in [0.5, 0.6) is 11.5 Å². The average Bonchev–Trinajstić information content (AvgIpc) is 3.16. The third-order valence-corrected chi connectivity index (χ3v) is 6.27. The highest BCUT2D eigenvalue weighted by atomic mass is 32.2. The van der Waals surface area contributed by atoms with E-state index in [2.05, 4.69) is 35.4 Å². The Balaban J connectivity index is 1.46. The number of nitrogens with one attached hydrogen (secondary N) is 1. The SMILES string of the molecule is COc1ccc(OCC(O)CSc2nnc(Nc3cccc(C)c3C)s2)cc1. The van der Waals surface area contributed by atoms with Crippen LogP contribution in [0.1, 0.15) is 11.1 Å². The zero-order valence-corrected chi connectivity index (χ0v) is 17.6. The fraction of sp³-hybridized carbons (Fsp3) is 0.300. The van der Waals surface area contributed by atoms with E-state index in [0.717, 1.165) is 20.9 Å². The Bertz CT molecular complexity index is 900. The highest BCUT2D eigenvalue weighted by Crippen LogP contribution is 2.29. The van der Waals surface area contributed by atoms with Crippen LogP contribution in [-0.4, -0.2) is 40.9 Å². The lowest BCUT2D eigenvalue weighted by Gasteiger charge is -2.11. The maximum absolute atomic E-state index is 10.2. The van der Waals surface area contributed by atoms with Gasteiger partial charge in [0.25, 0.3) is 0 Å². The Morgan fingerprint density at radius 1 is 1.11 bits per heavy atom. The predicted octanol–water partition coefficient (Wildman–Crippen LogP) is 4.44. The summed E-state index contributed by atoms with van der Waals surface area (Å²) < 4.78 is 11.5. The van der Waals surface area contributed by atoms with Gasteiger partial charge in [-0.25, -0.2) is 0 Å². The largest absolute Gasteiger partial charge is 0.497 e. The van der Waals surface area contributed by atoms with Crippen molar-refractivity contribution in [3.05, 3.63) is 53.6 Å². The molecule has 0 aliphatic rings. The Kier molecular flexibility index (Phi) is 7.13. The normalized spacial score (nSPS) is 11.9. The third kappa shape index (κ3) is 5.60. The molecule has 0 spiro atoms. The minimum Gasteiger partial charge on any atom is -0.497 e. The quantitative estimate of drug-likeness (QED) is 0.499. The number of ether oxygens (including phenoxy) is 2. The van der Waals surface area contributed by atoms with Crippen LogP contribution in [0.25, 0.3) is 0 Å². The number of aryl methyl sites for hydroxylation is 1. The highest BCUT2D eigenvalue weighted by molar-refractivity contribution is 8.01. The van der Waals surface area contributed by atoms with Gasteiger partial charge in [0.05, 0.1) is 13.2 Å². The van der Waals surface area contributed by atoms with E-state index in [-0.39, 0.29) is 6.61 Å². The van der Waals surface area contributed by atoms with Crippen LogP contribution < -0.4 is 14.8 Å². The molecule has 1 aromatic heterocycles. The lowest BCUT2D eigenvalue weighted by Crippen LogP contribution is -2.19. The number of thioether (sulfide) groups is 1. The van der Waals surface area contributed by atoms with Crippen LogP contribution in [0.4, 0.5) is 10.8 Å². The van der Waals surface area contributed by atoms with E-state index in [0.29, 0.717) is 11.5 Å². The van der Waals surface area contributed by atoms with Gasteiger partial charge in [-0.05, 0) is 55.3 Å². The van der Waals surface area contributed by atoms with E-state index in [1.54, 1.807) is 7.11 Å². The molecule has 2 N–H and O–H groups in total. The number of methoxy groups -OCH3 is 1. The minimum atomic E-state index is -0.605. The fourth-order valence-corrected chi connectivity index (χ4v) is 4.10. The van der Waals surface area contributed by atoms with E-state index in [9.17, 15) is 5.11 Å². The van der Waals surface area contributed by atoms with Crippen LogP contribution >= 0.6 is 23.1 Å². The molecule has 6 nitrogen and oxygen atoms in total. The van der Waals surface area contributed by atoms with Gasteiger partial charge in [-0.3, -0.25) is 0 Å². The number of hydrogen-bond donors (Lipinski definition) is 2. The maximum atomic E-state index is 10.2. The van der Waals surface area contributed by atoms with E-state index < -0.39 is 6.10 Å². The molecule has 2 aromatic carbocycles. The molecule has 8 heteroatoms. The number of aliphatic hydroxyl groups excluding tert-OH is 1. The summed E-state index contributed by atoms with van der Waals surface area (Å²) in [6, 6.07) is 13.4. The molecule has 0 saturated carbocycles. The van der Waals surface area contributed by atoms with Gasteiger partial charge < -0.3 is 19.9 Å². The summed E-state index contributed by atoms with van der Waals surface area (Å²) in [7, 11) is 1.62. The van der Waals surface area contributed by atoms with Gasteiger partial charge in [0.1, 0.15) is 18.1 Å². The molecule has 3 rings (SSSR count). The molecule has 0 bridgehead atoms. The van der Waals surface area contributed by atoms with E-state index in [1.807, 2.05) is 36.4 Å². The number of aromatic nitrogens is 2. The first-order chi connectivity index (χ1) is 13.5. The van der Waals surface area contributed by atoms with Gasteiger partial charge in [-0.2, -0.15) is 0 Å². The van der Waals surface area contributed by atoms with Gasteiger partial charge in [0.15, 0.2) is 4.34 Å². The summed E-state index contributed by atoms with van der Waals surface area (Å²) in [5.74, 6) is 1.94. The van der Waals surface area contributed by atoms with Crippen LogP contribution in [0, 0.1) is 13.8 Å². The Labute approximate surface area is 172 Å². The zero-order chi connectivity index (χ0) is 19.9. The van der Waals surface area contributed by atoms with Crippen molar-refractivity contribution in [1.82, 2.24) is 10.2 Å². The molecule has 0 aliphatic heterocycles. The summed E-state index contributed by atoms with van der Waals surface area (Å²) in [6.07, 6.45) is -0.605. The lowest BCUT2D eigenvalue weighted by atomic mass is 10.1. The molecule has 28 heavy (non-hydrogen) atoms. The standard InChI is InChI=1S/C20H23N3O3S2/c1-13-5-4-6-18(14(13)2)21-19-22-23-20(28-19)27-12-15(24)11-26-17-9-7-16(25-3)8-10-17/h4-10,15,24H,11-12H2,1-3H3,(H,21,22). The molecule has 1 heterocycles. The number of anilines is 2. The first-order valence-corrected chi connectivity index (χ1v) is 10.6. The molecule has 3 aromatic rings.